The summed E-state index contributed by atoms with van der Waals surface area (Å²) in [5.74, 6) is -1.01. The summed E-state index contributed by atoms with van der Waals surface area (Å²) < 4.78 is 28.6. The molecule has 0 aliphatic carbocycles. The molecule has 166 valence electrons. The number of carbonyl (C=O) groups excluding carboxylic acids is 2. The van der Waals surface area contributed by atoms with Crippen LogP contribution in [0.3, 0.4) is 0 Å². The summed E-state index contributed by atoms with van der Waals surface area (Å²) in [7, 11) is -3.37. The molecule has 3 aromatic rings. The molecule has 3 aromatic carbocycles. The SMILES string of the molecule is CC(OC(=O)c1ccc(S(C)(=O)=O)cc1)C(=O)N(Cc1ccccc1)Cc1ccccc1. The van der Waals surface area contributed by atoms with Gasteiger partial charge in [0.15, 0.2) is 15.9 Å². The predicted octanol–water partition coefficient (Wildman–Crippen LogP) is 3.86. The predicted molar refractivity (Wildman–Crippen MR) is 122 cm³/mol. The van der Waals surface area contributed by atoms with E-state index in [1.807, 2.05) is 60.7 Å². The second kappa shape index (κ2) is 10.2. The highest BCUT2D eigenvalue weighted by atomic mass is 32.2. The number of esters is 1. The quantitative estimate of drug-likeness (QED) is 0.486. The number of nitrogens with zero attached hydrogens (tertiary/aromatic N) is 1. The van der Waals surface area contributed by atoms with Gasteiger partial charge in [0, 0.05) is 19.3 Å². The number of benzene rings is 3. The molecule has 0 fully saturated rings. The fourth-order valence-corrected chi connectivity index (χ4v) is 3.82. The fraction of sp³-hybridized carbons (Fsp3) is 0.200. The van der Waals surface area contributed by atoms with E-state index < -0.39 is 21.9 Å². The van der Waals surface area contributed by atoms with Crippen molar-refractivity contribution in [2.75, 3.05) is 6.26 Å². The van der Waals surface area contributed by atoms with Crippen LogP contribution in [0.25, 0.3) is 0 Å². The van der Waals surface area contributed by atoms with Gasteiger partial charge in [-0.1, -0.05) is 60.7 Å². The topological polar surface area (TPSA) is 80.8 Å². The van der Waals surface area contributed by atoms with E-state index in [1.54, 1.807) is 4.90 Å². The molecule has 1 atom stereocenters. The summed E-state index contributed by atoms with van der Waals surface area (Å²) in [6.07, 6.45) is 0.0827. The zero-order valence-electron chi connectivity index (χ0n) is 18.0. The molecule has 1 unspecified atom stereocenters. The molecule has 1 amide bonds. The van der Waals surface area contributed by atoms with Crippen LogP contribution >= 0.6 is 0 Å². The largest absolute Gasteiger partial charge is 0.449 e. The number of ether oxygens (including phenoxy) is 1. The third-order valence-corrected chi connectivity index (χ3v) is 6.02. The highest BCUT2D eigenvalue weighted by molar-refractivity contribution is 7.90. The molecule has 0 spiro atoms. The Balaban J connectivity index is 1.73. The van der Waals surface area contributed by atoms with Gasteiger partial charge < -0.3 is 9.64 Å². The van der Waals surface area contributed by atoms with Gasteiger partial charge in [0.2, 0.25) is 0 Å². The summed E-state index contributed by atoms with van der Waals surface area (Å²) in [6.45, 7) is 2.28. The number of amides is 1. The minimum absolute atomic E-state index is 0.107. The van der Waals surface area contributed by atoms with Crippen molar-refractivity contribution in [3.8, 4) is 0 Å². The molecule has 0 aliphatic rings. The van der Waals surface area contributed by atoms with Crippen LogP contribution in [0.1, 0.15) is 28.4 Å². The monoisotopic (exact) mass is 451 g/mol. The normalized spacial score (nSPS) is 12.1. The highest BCUT2D eigenvalue weighted by Crippen LogP contribution is 2.15. The second-order valence-corrected chi connectivity index (χ2v) is 9.53. The summed E-state index contributed by atoms with van der Waals surface area (Å²) in [6, 6.07) is 24.6. The van der Waals surface area contributed by atoms with Gasteiger partial charge in [-0.05, 0) is 42.3 Å². The maximum Gasteiger partial charge on any atom is 0.338 e. The lowest BCUT2D eigenvalue weighted by Crippen LogP contribution is -2.39. The maximum atomic E-state index is 13.2. The van der Waals surface area contributed by atoms with Gasteiger partial charge in [-0.25, -0.2) is 13.2 Å². The minimum atomic E-state index is -3.37. The number of sulfone groups is 1. The number of rotatable bonds is 8. The fourth-order valence-electron chi connectivity index (χ4n) is 3.19. The van der Waals surface area contributed by atoms with Crippen molar-refractivity contribution in [2.24, 2.45) is 0 Å². The van der Waals surface area contributed by atoms with Crippen LogP contribution in [0.5, 0.6) is 0 Å². The van der Waals surface area contributed by atoms with Gasteiger partial charge >= 0.3 is 5.97 Å². The third kappa shape index (κ3) is 6.28. The van der Waals surface area contributed by atoms with Gasteiger partial charge in [-0.15, -0.1) is 0 Å². The van der Waals surface area contributed by atoms with E-state index in [9.17, 15) is 18.0 Å². The average molecular weight is 452 g/mol. The van der Waals surface area contributed by atoms with Gasteiger partial charge in [0.25, 0.3) is 5.91 Å². The zero-order chi connectivity index (χ0) is 23.1. The summed E-state index contributed by atoms with van der Waals surface area (Å²) in [5.41, 5.74) is 2.10. The molecule has 0 heterocycles. The van der Waals surface area contributed by atoms with Crippen molar-refractivity contribution in [1.29, 1.82) is 0 Å². The molecule has 0 saturated carbocycles. The van der Waals surface area contributed by atoms with Crippen LogP contribution in [0.15, 0.2) is 89.8 Å². The van der Waals surface area contributed by atoms with Gasteiger partial charge in [-0.3, -0.25) is 4.79 Å². The first-order chi connectivity index (χ1) is 15.2. The molecular weight excluding hydrogens is 426 g/mol. The van der Waals surface area contributed by atoms with Gasteiger partial charge in [0.05, 0.1) is 10.5 Å². The first kappa shape index (κ1) is 23.2. The van der Waals surface area contributed by atoms with Gasteiger partial charge in [0.1, 0.15) is 0 Å². The Morgan fingerprint density at radius 1 is 0.812 bits per heavy atom. The van der Waals surface area contributed by atoms with Crippen molar-refractivity contribution in [2.45, 2.75) is 31.0 Å². The Morgan fingerprint density at radius 2 is 1.28 bits per heavy atom. The average Bonchev–Trinajstić information content (AvgIpc) is 2.79. The lowest BCUT2D eigenvalue weighted by molar-refractivity contribution is -0.141. The van der Waals surface area contributed by atoms with Crippen molar-refractivity contribution < 1.29 is 22.7 Å². The van der Waals surface area contributed by atoms with Crippen LogP contribution in [-0.2, 0) is 32.5 Å². The summed E-state index contributed by atoms with van der Waals surface area (Å²) in [5, 5.41) is 0. The van der Waals surface area contributed by atoms with Crippen LogP contribution in [0.2, 0.25) is 0 Å². The standard InChI is InChI=1S/C25H25NO5S/c1-19(31-25(28)22-13-15-23(16-14-22)32(2,29)30)24(27)26(17-20-9-5-3-6-10-20)18-21-11-7-4-8-12-21/h3-16,19H,17-18H2,1-2H3. The van der Waals surface area contributed by atoms with Crippen LogP contribution in [0, 0.1) is 0 Å². The first-order valence-electron chi connectivity index (χ1n) is 10.1. The van der Waals surface area contributed by atoms with E-state index in [1.165, 1.54) is 31.2 Å². The Kier molecular flexibility index (Phi) is 7.43. The molecule has 0 N–H and O–H groups in total. The summed E-state index contributed by atoms with van der Waals surface area (Å²) in [4.78, 5) is 27.4. The number of hydrogen-bond donors (Lipinski definition) is 0. The second-order valence-electron chi connectivity index (χ2n) is 7.51. The van der Waals surface area contributed by atoms with Gasteiger partial charge in [-0.2, -0.15) is 0 Å². The zero-order valence-corrected chi connectivity index (χ0v) is 18.8. The molecule has 7 heteroatoms. The smallest absolute Gasteiger partial charge is 0.338 e. The van der Waals surface area contributed by atoms with E-state index in [-0.39, 0.29) is 16.4 Å². The van der Waals surface area contributed by atoms with E-state index in [4.69, 9.17) is 4.74 Å². The van der Waals surface area contributed by atoms with Crippen molar-refractivity contribution in [3.05, 3.63) is 102 Å². The lowest BCUT2D eigenvalue weighted by Gasteiger charge is -2.26. The molecule has 0 bridgehead atoms. The molecular formula is C25H25NO5S. The molecule has 0 aromatic heterocycles. The molecule has 0 aliphatic heterocycles. The number of carbonyl (C=O) groups is 2. The Hall–Kier alpha value is -3.45. The third-order valence-electron chi connectivity index (χ3n) is 4.89. The van der Waals surface area contributed by atoms with Crippen LogP contribution < -0.4 is 0 Å². The van der Waals surface area contributed by atoms with Crippen molar-refractivity contribution in [3.63, 3.8) is 0 Å². The van der Waals surface area contributed by atoms with E-state index in [0.29, 0.717) is 13.1 Å². The molecule has 6 nitrogen and oxygen atoms in total. The number of hydrogen-bond acceptors (Lipinski definition) is 5. The van der Waals surface area contributed by atoms with E-state index in [2.05, 4.69) is 0 Å². The molecule has 32 heavy (non-hydrogen) atoms. The Bertz CT molecular complexity index is 1120. The lowest BCUT2D eigenvalue weighted by atomic mass is 10.1. The van der Waals surface area contributed by atoms with E-state index in [0.717, 1.165) is 17.4 Å². The van der Waals surface area contributed by atoms with Crippen molar-refractivity contribution in [1.82, 2.24) is 4.90 Å². The molecule has 3 rings (SSSR count). The first-order valence-corrected chi connectivity index (χ1v) is 12.0. The maximum absolute atomic E-state index is 13.2. The molecule has 0 radical (unpaired) electrons. The minimum Gasteiger partial charge on any atom is -0.449 e. The van der Waals surface area contributed by atoms with Crippen LogP contribution in [0.4, 0.5) is 0 Å². The van der Waals surface area contributed by atoms with Crippen molar-refractivity contribution >= 4 is 21.7 Å². The van der Waals surface area contributed by atoms with E-state index >= 15 is 0 Å². The highest BCUT2D eigenvalue weighted by Gasteiger charge is 2.25. The Labute approximate surface area is 188 Å². The Morgan fingerprint density at radius 3 is 1.72 bits per heavy atom. The van der Waals surface area contributed by atoms with Crippen LogP contribution in [-0.4, -0.2) is 37.6 Å². The molecule has 0 saturated heterocycles. The summed E-state index contributed by atoms with van der Waals surface area (Å²) >= 11 is 0.